The van der Waals surface area contributed by atoms with Crippen LogP contribution in [0.1, 0.15) is 37.3 Å². The van der Waals surface area contributed by atoms with Gasteiger partial charge in [-0.25, -0.2) is 0 Å². The van der Waals surface area contributed by atoms with Gasteiger partial charge >= 0.3 is 0 Å². The monoisotopic (exact) mass is 249 g/mol. The van der Waals surface area contributed by atoms with E-state index in [2.05, 4.69) is 39.0 Å². The largest absolute Gasteiger partial charge is 0.486 e. The minimum atomic E-state index is -0.0296. The van der Waals surface area contributed by atoms with Crippen molar-refractivity contribution in [3.05, 3.63) is 29.3 Å². The predicted octanol–water partition coefficient (Wildman–Crippen LogP) is 2.61. The molecule has 100 valence electrons. The summed E-state index contributed by atoms with van der Waals surface area (Å²) in [5.41, 5.74) is 8.53. The molecule has 2 N–H and O–H groups in total. The first kappa shape index (κ1) is 13.4. The van der Waals surface area contributed by atoms with Crippen LogP contribution >= 0.6 is 0 Å². The zero-order valence-electron chi connectivity index (χ0n) is 11.5. The van der Waals surface area contributed by atoms with Crippen molar-refractivity contribution in [1.29, 1.82) is 0 Å². The van der Waals surface area contributed by atoms with E-state index in [0.717, 1.165) is 18.8 Å². The Bertz CT molecular complexity index is 403. The van der Waals surface area contributed by atoms with E-state index in [1.165, 1.54) is 11.1 Å². The zero-order valence-corrected chi connectivity index (χ0v) is 11.5. The van der Waals surface area contributed by atoms with E-state index in [9.17, 15) is 0 Å². The maximum Gasteiger partial charge on any atom is 0.137 e. The second-order valence-corrected chi connectivity index (χ2v) is 5.38. The fourth-order valence-electron chi connectivity index (χ4n) is 2.23. The fourth-order valence-corrected chi connectivity index (χ4v) is 2.23. The number of hydrogen-bond donors (Lipinski definition) is 1. The Morgan fingerprint density at radius 2 is 2.17 bits per heavy atom. The number of ether oxygens (including phenoxy) is 2. The van der Waals surface area contributed by atoms with Crippen molar-refractivity contribution < 1.29 is 9.47 Å². The third kappa shape index (κ3) is 3.03. The van der Waals surface area contributed by atoms with Gasteiger partial charge in [-0.15, -0.1) is 0 Å². The fraction of sp³-hybridized carbons (Fsp3) is 0.600. The summed E-state index contributed by atoms with van der Waals surface area (Å²) < 4.78 is 11.5. The van der Waals surface area contributed by atoms with Gasteiger partial charge in [0.25, 0.3) is 0 Å². The van der Waals surface area contributed by atoms with Crippen molar-refractivity contribution in [2.45, 2.75) is 45.3 Å². The normalized spacial score (nSPS) is 24.3. The molecule has 0 radical (unpaired) electrons. The summed E-state index contributed by atoms with van der Waals surface area (Å²) in [6.45, 7) is 7.76. The van der Waals surface area contributed by atoms with Gasteiger partial charge in [-0.3, -0.25) is 0 Å². The summed E-state index contributed by atoms with van der Waals surface area (Å²) in [4.78, 5) is 0. The van der Waals surface area contributed by atoms with Gasteiger partial charge in [0.15, 0.2) is 0 Å². The lowest BCUT2D eigenvalue weighted by Crippen LogP contribution is -2.46. The molecule has 1 aliphatic rings. The summed E-state index contributed by atoms with van der Waals surface area (Å²) in [6.07, 6.45) is 0.839. The van der Waals surface area contributed by atoms with Crippen LogP contribution in [0.5, 0.6) is 5.75 Å². The van der Waals surface area contributed by atoms with E-state index in [4.69, 9.17) is 15.2 Å². The van der Waals surface area contributed by atoms with Crippen LogP contribution in [0.3, 0.4) is 0 Å². The van der Waals surface area contributed by atoms with Crippen LogP contribution < -0.4 is 10.5 Å². The third-order valence-electron chi connectivity index (χ3n) is 3.42. The molecule has 1 aromatic rings. The molecule has 18 heavy (non-hydrogen) atoms. The molecule has 0 saturated carbocycles. The van der Waals surface area contributed by atoms with E-state index in [1.807, 2.05) is 0 Å². The molecule has 0 amide bonds. The first-order valence-corrected chi connectivity index (χ1v) is 6.68. The Hall–Kier alpha value is -1.06. The Morgan fingerprint density at radius 3 is 2.83 bits per heavy atom. The molecule has 2 rings (SSSR count). The van der Waals surface area contributed by atoms with Gasteiger partial charge in [0.1, 0.15) is 11.9 Å². The van der Waals surface area contributed by atoms with Crippen molar-refractivity contribution in [2.75, 3.05) is 13.2 Å². The molecule has 1 aromatic carbocycles. The number of rotatable bonds is 3. The smallest absolute Gasteiger partial charge is 0.137 e. The van der Waals surface area contributed by atoms with Gasteiger partial charge in [0.2, 0.25) is 0 Å². The summed E-state index contributed by atoms with van der Waals surface area (Å²) in [5.74, 6) is 1.40. The SMILES string of the molecule is Cc1ccc(C(C)C)c(OC2COCCC2N)c1. The lowest BCUT2D eigenvalue weighted by atomic mass is 10.00. The molecule has 0 bridgehead atoms. The first-order chi connectivity index (χ1) is 8.58. The maximum absolute atomic E-state index is 6.09. The van der Waals surface area contributed by atoms with Gasteiger partial charge in [0.05, 0.1) is 6.61 Å². The number of hydrogen-bond acceptors (Lipinski definition) is 3. The summed E-state index contributed by atoms with van der Waals surface area (Å²) >= 11 is 0. The van der Waals surface area contributed by atoms with E-state index in [-0.39, 0.29) is 12.1 Å². The average Bonchev–Trinajstić information content (AvgIpc) is 2.32. The minimum absolute atomic E-state index is 0.0296. The summed E-state index contributed by atoms with van der Waals surface area (Å²) in [5, 5.41) is 0. The van der Waals surface area contributed by atoms with Crippen molar-refractivity contribution in [1.82, 2.24) is 0 Å². The van der Waals surface area contributed by atoms with E-state index >= 15 is 0 Å². The molecule has 1 saturated heterocycles. The zero-order chi connectivity index (χ0) is 13.1. The van der Waals surface area contributed by atoms with Crippen LogP contribution in [0.2, 0.25) is 0 Å². The molecular formula is C15H23NO2. The highest BCUT2D eigenvalue weighted by atomic mass is 16.5. The quantitative estimate of drug-likeness (QED) is 0.895. The average molecular weight is 249 g/mol. The van der Waals surface area contributed by atoms with Crippen molar-refractivity contribution in [3.63, 3.8) is 0 Å². The Balaban J connectivity index is 2.18. The third-order valence-corrected chi connectivity index (χ3v) is 3.42. The van der Waals surface area contributed by atoms with Gasteiger partial charge in [-0.05, 0) is 36.5 Å². The number of aryl methyl sites for hydroxylation is 1. The van der Waals surface area contributed by atoms with Crippen molar-refractivity contribution >= 4 is 0 Å². The molecule has 3 heteroatoms. The van der Waals surface area contributed by atoms with E-state index < -0.39 is 0 Å². The van der Waals surface area contributed by atoms with Gasteiger partial charge in [-0.1, -0.05) is 26.0 Å². The van der Waals surface area contributed by atoms with Crippen LogP contribution in [0.15, 0.2) is 18.2 Å². The number of benzene rings is 1. The maximum atomic E-state index is 6.09. The summed E-state index contributed by atoms with van der Waals surface area (Å²) in [6, 6.07) is 6.43. The minimum Gasteiger partial charge on any atom is -0.486 e. The number of nitrogens with two attached hydrogens (primary N) is 1. The van der Waals surface area contributed by atoms with Crippen LogP contribution in [-0.2, 0) is 4.74 Å². The molecule has 0 aliphatic carbocycles. The van der Waals surface area contributed by atoms with Crippen LogP contribution in [-0.4, -0.2) is 25.4 Å². The molecule has 3 nitrogen and oxygen atoms in total. The van der Waals surface area contributed by atoms with Crippen LogP contribution in [0.4, 0.5) is 0 Å². The molecule has 1 fully saturated rings. The summed E-state index contributed by atoms with van der Waals surface area (Å²) in [7, 11) is 0. The molecular weight excluding hydrogens is 226 g/mol. The van der Waals surface area contributed by atoms with Gasteiger partial charge in [0, 0.05) is 12.6 Å². The highest BCUT2D eigenvalue weighted by Gasteiger charge is 2.25. The van der Waals surface area contributed by atoms with Crippen molar-refractivity contribution in [2.24, 2.45) is 5.73 Å². The predicted molar refractivity (Wildman–Crippen MR) is 73.1 cm³/mol. The molecule has 1 aliphatic heterocycles. The lowest BCUT2D eigenvalue weighted by molar-refractivity contribution is -0.00579. The van der Waals surface area contributed by atoms with Crippen LogP contribution in [0, 0.1) is 6.92 Å². The van der Waals surface area contributed by atoms with Crippen LogP contribution in [0.25, 0.3) is 0 Å². The first-order valence-electron chi connectivity index (χ1n) is 6.68. The molecule has 2 unspecified atom stereocenters. The standard InChI is InChI=1S/C15H23NO2/c1-10(2)12-5-4-11(3)8-14(12)18-15-9-17-7-6-13(15)16/h4-5,8,10,13,15H,6-7,9,16H2,1-3H3. The Morgan fingerprint density at radius 1 is 1.39 bits per heavy atom. The molecule has 0 aromatic heterocycles. The highest BCUT2D eigenvalue weighted by Crippen LogP contribution is 2.29. The Labute approximate surface area is 109 Å². The molecule has 0 spiro atoms. The van der Waals surface area contributed by atoms with Gasteiger partial charge < -0.3 is 15.2 Å². The van der Waals surface area contributed by atoms with E-state index in [0.29, 0.717) is 12.5 Å². The van der Waals surface area contributed by atoms with E-state index in [1.54, 1.807) is 0 Å². The lowest BCUT2D eigenvalue weighted by Gasteiger charge is -2.30. The second kappa shape index (κ2) is 5.72. The molecule has 2 atom stereocenters. The molecule has 1 heterocycles. The van der Waals surface area contributed by atoms with Crippen molar-refractivity contribution in [3.8, 4) is 5.75 Å². The second-order valence-electron chi connectivity index (χ2n) is 5.38. The van der Waals surface area contributed by atoms with Gasteiger partial charge in [-0.2, -0.15) is 0 Å². The highest BCUT2D eigenvalue weighted by molar-refractivity contribution is 5.39. The Kier molecular flexibility index (Phi) is 4.25. The topological polar surface area (TPSA) is 44.5 Å².